The van der Waals surface area contributed by atoms with Crippen LogP contribution in [0.25, 0.3) is 10.9 Å². The lowest BCUT2D eigenvalue weighted by atomic mass is 9.86. The second-order valence-electron chi connectivity index (χ2n) is 9.30. The topological polar surface area (TPSA) is 79.4 Å². The second-order valence-corrected chi connectivity index (χ2v) is 9.30. The first kappa shape index (κ1) is 23.8. The molecule has 1 aromatic heterocycles. The summed E-state index contributed by atoms with van der Waals surface area (Å²) in [5, 5.41) is 7.75. The summed E-state index contributed by atoms with van der Waals surface area (Å²) >= 11 is 0. The number of fused-ring (bicyclic) bond motifs is 1. The highest BCUT2D eigenvalue weighted by molar-refractivity contribution is 5.90. The van der Waals surface area contributed by atoms with E-state index in [1.54, 1.807) is 7.11 Å². The Labute approximate surface area is 201 Å². The smallest absolute Gasteiger partial charge is 0.225 e. The molecule has 0 unspecified atom stereocenters. The summed E-state index contributed by atoms with van der Waals surface area (Å²) in [6.07, 6.45) is 5.54. The number of aromatic nitrogens is 2. The molecule has 0 atom stereocenters. The SMILES string of the molecule is COc1ccc(CCC(=O)NC[C@H]2CC[C@@H](Nc3nc(N(C)C)c4ccccc4n3)CC2)cc1. The standard InChI is InChI=1S/C27H35N5O2/c1-32(2)26-23-6-4-5-7-24(23)30-27(31-26)29-21-13-8-20(9-14-21)18-28-25(33)17-12-19-10-15-22(34-3)16-11-19/h4-7,10-11,15-16,20-21H,8-9,12-14,17-18H2,1-3H3,(H,28,33)(H,29,30,31)/t20-,21+. The Morgan fingerprint density at radius 2 is 1.76 bits per heavy atom. The molecule has 1 amide bonds. The number of nitrogens with zero attached hydrogens (tertiary/aromatic N) is 3. The van der Waals surface area contributed by atoms with Crippen LogP contribution in [0.3, 0.4) is 0 Å². The highest BCUT2D eigenvalue weighted by Crippen LogP contribution is 2.28. The van der Waals surface area contributed by atoms with Crippen molar-refractivity contribution in [3.8, 4) is 5.75 Å². The van der Waals surface area contributed by atoms with Crippen molar-refractivity contribution < 1.29 is 9.53 Å². The minimum atomic E-state index is 0.122. The van der Waals surface area contributed by atoms with Crippen molar-refractivity contribution in [1.82, 2.24) is 15.3 Å². The largest absolute Gasteiger partial charge is 0.497 e. The molecule has 7 heteroatoms. The Morgan fingerprint density at radius 3 is 2.47 bits per heavy atom. The van der Waals surface area contributed by atoms with Gasteiger partial charge in [-0.2, -0.15) is 4.98 Å². The Kier molecular flexibility index (Phi) is 7.83. The number of carbonyl (C=O) groups excluding carboxylic acids is 1. The van der Waals surface area contributed by atoms with Gasteiger partial charge in [-0.25, -0.2) is 4.98 Å². The third kappa shape index (κ3) is 6.16. The van der Waals surface area contributed by atoms with E-state index in [1.807, 2.05) is 61.5 Å². The number of anilines is 2. The van der Waals surface area contributed by atoms with Crippen LogP contribution in [0, 0.1) is 5.92 Å². The van der Waals surface area contributed by atoms with Crippen molar-refractivity contribution in [3.05, 3.63) is 54.1 Å². The lowest BCUT2D eigenvalue weighted by Crippen LogP contribution is -2.34. The van der Waals surface area contributed by atoms with Crippen LogP contribution in [0.1, 0.15) is 37.7 Å². The third-order valence-corrected chi connectivity index (χ3v) is 6.57. The van der Waals surface area contributed by atoms with E-state index < -0.39 is 0 Å². The van der Waals surface area contributed by atoms with Gasteiger partial charge in [0.05, 0.1) is 12.6 Å². The fourth-order valence-electron chi connectivity index (χ4n) is 4.56. The molecule has 0 spiro atoms. The van der Waals surface area contributed by atoms with Gasteiger partial charge in [-0.3, -0.25) is 4.79 Å². The maximum absolute atomic E-state index is 12.3. The van der Waals surface area contributed by atoms with Crippen molar-refractivity contribution in [3.63, 3.8) is 0 Å². The van der Waals surface area contributed by atoms with Crippen molar-refractivity contribution >= 4 is 28.6 Å². The number of amides is 1. The Hall–Kier alpha value is -3.35. The number of nitrogens with one attached hydrogen (secondary N) is 2. The predicted molar refractivity (Wildman–Crippen MR) is 138 cm³/mol. The average Bonchev–Trinajstić information content (AvgIpc) is 2.86. The van der Waals surface area contributed by atoms with E-state index >= 15 is 0 Å². The van der Waals surface area contributed by atoms with Crippen LogP contribution in [0.4, 0.5) is 11.8 Å². The van der Waals surface area contributed by atoms with E-state index in [-0.39, 0.29) is 5.91 Å². The van der Waals surface area contributed by atoms with E-state index in [2.05, 4.69) is 16.7 Å². The van der Waals surface area contributed by atoms with Crippen LogP contribution in [0.5, 0.6) is 5.75 Å². The summed E-state index contributed by atoms with van der Waals surface area (Å²) in [5.74, 6) is 3.11. The van der Waals surface area contributed by atoms with E-state index in [9.17, 15) is 4.79 Å². The number of carbonyl (C=O) groups is 1. The first-order valence-electron chi connectivity index (χ1n) is 12.1. The van der Waals surface area contributed by atoms with Crippen molar-refractivity contribution in [1.29, 1.82) is 0 Å². The number of hydrogen-bond donors (Lipinski definition) is 2. The van der Waals surface area contributed by atoms with Gasteiger partial charge in [0, 0.05) is 38.5 Å². The van der Waals surface area contributed by atoms with Crippen LogP contribution < -0.4 is 20.3 Å². The molecule has 1 aliphatic carbocycles. The maximum atomic E-state index is 12.3. The van der Waals surface area contributed by atoms with E-state index in [0.717, 1.165) is 66.7 Å². The van der Waals surface area contributed by atoms with Crippen molar-refractivity contribution in [2.75, 3.05) is 38.0 Å². The Morgan fingerprint density at radius 1 is 1.03 bits per heavy atom. The molecule has 34 heavy (non-hydrogen) atoms. The zero-order valence-electron chi connectivity index (χ0n) is 20.4. The fourth-order valence-corrected chi connectivity index (χ4v) is 4.56. The van der Waals surface area contributed by atoms with Gasteiger partial charge in [0.15, 0.2) is 0 Å². The maximum Gasteiger partial charge on any atom is 0.225 e. The van der Waals surface area contributed by atoms with E-state index in [4.69, 9.17) is 14.7 Å². The Bertz CT molecular complexity index is 1090. The van der Waals surface area contributed by atoms with Gasteiger partial charge in [0.2, 0.25) is 11.9 Å². The molecule has 0 radical (unpaired) electrons. The molecule has 0 saturated heterocycles. The minimum absolute atomic E-state index is 0.122. The molecule has 3 aromatic rings. The number of ether oxygens (including phenoxy) is 1. The average molecular weight is 462 g/mol. The molecule has 1 aliphatic rings. The number of rotatable bonds is 9. The summed E-state index contributed by atoms with van der Waals surface area (Å²) in [4.78, 5) is 23.8. The lowest BCUT2D eigenvalue weighted by molar-refractivity contribution is -0.121. The number of methoxy groups -OCH3 is 1. The molecule has 2 aromatic carbocycles. The highest BCUT2D eigenvalue weighted by atomic mass is 16.5. The fraction of sp³-hybridized carbons (Fsp3) is 0.444. The molecule has 1 fully saturated rings. The molecule has 0 bridgehead atoms. The van der Waals surface area contributed by atoms with Crippen molar-refractivity contribution in [2.24, 2.45) is 5.92 Å². The minimum Gasteiger partial charge on any atom is -0.497 e. The van der Waals surface area contributed by atoms with Gasteiger partial charge in [0.25, 0.3) is 0 Å². The summed E-state index contributed by atoms with van der Waals surface area (Å²) in [6, 6.07) is 16.4. The number of aryl methyl sites for hydroxylation is 1. The van der Waals surface area contributed by atoms with Gasteiger partial charge in [-0.05, 0) is 67.9 Å². The predicted octanol–water partition coefficient (Wildman–Crippen LogP) is 4.42. The summed E-state index contributed by atoms with van der Waals surface area (Å²) in [7, 11) is 5.67. The molecule has 4 rings (SSSR count). The summed E-state index contributed by atoms with van der Waals surface area (Å²) < 4.78 is 5.18. The number of hydrogen-bond acceptors (Lipinski definition) is 6. The quantitative estimate of drug-likeness (QED) is 0.491. The monoisotopic (exact) mass is 461 g/mol. The van der Waals surface area contributed by atoms with Gasteiger partial charge >= 0.3 is 0 Å². The first-order chi connectivity index (χ1) is 16.5. The van der Waals surface area contributed by atoms with Gasteiger partial charge < -0.3 is 20.3 Å². The van der Waals surface area contributed by atoms with Crippen LogP contribution in [-0.4, -0.2) is 49.7 Å². The van der Waals surface area contributed by atoms with Gasteiger partial charge in [-0.15, -0.1) is 0 Å². The molecule has 0 aliphatic heterocycles. The van der Waals surface area contributed by atoms with Crippen LogP contribution in [0.2, 0.25) is 0 Å². The molecule has 180 valence electrons. The van der Waals surface area contributed by atoms with Crippen LogP contribution >= 0.6 is 0 Å². The molecule has 1 heterocycles. The zero-order valence-corrected chi connectivity index (χ0v) is 20.4. The number of para-hydroxylation sites is 1. The van der Waals surface area contributed by atoms with Crippen molar-refractivity contribution in [2.45, 2.75) is 44.6 Å². The molecular formula is C27H35N5O2. The summed E-state index contributed by atoms with van der Waals surface area (Å²) in [5.41, 5.74) is 2.10. The van der Waals surface area contributed by atoms with Gasteiger partial charge in [-0.1, -0.05) is 24.3 Å². The normalized spacial score (nSPS) is 17.9. The number of benzene rings is 2. The lowest BCUT2D eigenvalue weighted by Gasteiger charge is -2.29. The highest BCUT2D eigenvalue weighted by Gasteiger charge is 2.22. The van der Waals surface area contributed by atoms with Crippen LogP contribution in [0.15, 0.2) is 48.5 Å². The zero-order chi connectivity index (χ0) is 23.9. The van der Waals surface area contributed by atoms with E-state index in [0.29, 0.717) is 24.3 Å². The molecule has 1 saturated carbocycles. The van der Waals surface area contributed by atoms with Crippen LogP contribution in [-0.2, 0) is 11.2 Å². The summed E-state index contributed by atoms with van der Waals surface area (Å²) in [6.45, 7) is 0.755. The van der Waals surface area contributed by atoms with E-state index in [1.165, 1.54) is 0 Å². The molecule has 7 nitrogen and oxygen atoms in total. The Balaban J connectivity index is 1.22. The second kappa shape index (κ2) is 11.2. The molecule has 2 N–H and O–H groups in total. The van der Waals surface area contributed by atoms with Gasteiger partial charge in [0.1, 0.15) is 11.6 Å². The molecular weight excluding hydrogens is 426 g/mol. The first-order valence-corrected chi connectivity index (χ1v) is 12.1. The third-order valence-electron chi connectivity index (χ3n) is 6.57.